The number of hydrogen-bond acceptors (Lipinski definition) is 6. The summed E-state index contributed by atoms with van der Waals surface area (Å²) in [5, 5.41) is 30.0. The predicted molar refractivity (Wildman–Crippen MR) is 149 cm³/mol. The van der Waals surface area contributed by atoms with Gasteiger partial charge < -0.3 is 24.8 Å². The molecule has 1 aliphatic rings. The lowest BCUT2D eigenvalue weighted by molar-refractivity contribution is -0.137. The predicted octanol–water partition coefficient (Wildman–Crippen LogP) is 5.14. The Morgan fingerprint density at radius 3 is 2.38 bits per heavy atom. The molecule has 0 radical (unpaired) electrons. The first-order chi connectivity index (χ1) is 18.8. The van der Waals surface area contributed by atoms with Crippen LogP contribution in [0.3, 0.4) is 0 Å². The van der Waals surface area contributed by atoms with Crippen molar-refractivity contribution in [1.29, 1.82) is 0 Å². The molecule has 0 amide bonds. The standard InChI is InChI=1S/C32H42O7/c1-3-12-25(13-4-2)23-38-32(37)39-26(19-18-24-14-8-7-9-15-24)20-21-28-27(29(33)22-30(28)34)16-10-5-6-11-17-31(35)36/h1-2,5,7-10,14-15,25-30,33-34H,6,11-13,16-23H2,(H,35,36)/b10-5+/t26-,27+,28+,29-,30+/m0/s1. The zero-order chi connectivity index (χ0) is 28.5. The molecule has 0 unspecified atom stereocenters. The van der Waals surface area contributed by atoms with E-state index in [-0.39, 0.29) is 30.8 Å². The Hall–Kier alpha value is -3.26. The maximum atomic E-state index is 12.5. The van der Waals surface area contributed by atoms with E-state index in [0.717, 1.165) is 5.56 Å². The van der Waals surface area contributed by atoms with E-state index >= 15 is 0 Å². The molecule has 1 fully saturated rings. The number of terminal acetylenes is 2. The Balaban J connectivity index is 1.97. The summed E-state index contributed by atoms with van der Waals surface area (Å²) >= 11 is 0. The molecular weight excluding hydrogens is 496 g/mol. The van der Waals surface area contributed by atoms with Gasteiger partial charge in [-0.25, -0.2) is 4.79 Å². The molecule has 7 nitrogen and oxygen atoms in total. The van der Waals surface area contributed by atoms with Gasteiger partial charge in [-0.1, -0.05) is 42.5 Å². The quantitative estimate of drug-likeness (QED) is 0.109. The lowest BCUT2D eigenvalue weighted by Crippen LogP contribution is -2.26. The normalized spacial score (nSPS) is 21.4. The van der Waals surface area contributed by atoms with Gasteiger partial charge in [0.05, 0.1) is 18.8 Å². The van der Waals surface area contributed by atoms with Crippen LogP contribution in [0, 0.1) is 42.4 Å². The molecule has 2 rings (SSSR count). The first-order valence-electron chi connectivity index (χ1n) is 13.8. The van der Waals surface area contributed by atoms with Crippen molar-refractivity contribution in [3.05, 3.63) is 48.0 Å². The number of carbonyl (C=O) groups excluding carboxylic acids is 1. The van der Waals surface area contributed by atoms with Crippen LogP contribution >= 0.6 is 0 Å². The van der Waals surface area contributed by atoms with Gasteiger partial charge in [-0.2, -0.15) is 0 Å². The number of hydrogen-bond donors (Lipinski definition) is 3. The second-order valence-corrected chi connectivity index (χ2v) is 10.3. The first kappa shape index (κ1) is 32.0. The maximum absolute atomic E-state index is 12.5. The highest BCUT2D eigenvalue weighted by Gasteiger charge is 2.40. The van der Waals surface area contributed by atoms with Gasteiger partial charge in [0.1, 0.15) is 6.10 Å². The Morgan fingerprint density at radius 2 is 1.72 bits per heavy atom. The molecule has 7 heteroatoms. The summed E-state index contributed by atoms with van der Waals surface area (Å²) in [7, 11) is 0. The van der Waals surface area contributed by atoms with Crippen LogP contribution in [0.4, 0.5) is 4.79 Å². The number of carboxylic acid groups (broad SMARTS) is 1. The van der Waals surface area contributed by atoms with E-state index in [2.05, 4.69) is 11.8 Å². The van der Waals surface area contributed by atoms with Crippen molar-refractivity contribution in [3.63, 3.8) is 0 Å². The third-order valence-electron chi connectivity index (χ3n) is 7.29. The Labute approximate surface area is 232 Å². The van der Waals surface area contributed by atoms with E-state index in [1.165, 1.54) is 0 Å². The molecule has 5 atom stereocenters. The number of allylic oxidation sites excluding steroid dienone is 2. The fourth-order valence-electron chi connectivity index (χ4n) is 5.14. The zero-order valence-corrected chi connectivity index (χ0v) is 22.6. The van der Waals surface area contributed by atoms with E-state index in [4.69, 9.17) is 27.4 Å². The van der Waals surface area contributed by atoms with Crippen LogP contribution in [-0.4, -0.2) is 52.4 Å². The van der Waals surface area contributed by atoms with E-state index in [9.17, 15) is 19.8 Å². The van der Waals surface area contributed by atoms with Gasteiger partial charge in [-0.3, -0.25) is 4.79 Å². The molecule has 212 valence electrons. The summed E-state index contributed by atoms with van der Waals surface area (Å²) in [4.78, 5) is 23.2. The van der Waals surface area contributed by atoms with E-state index < -0.39 is 30.4 Å². The number of benzene rings is 1. The van der Waals surface area contributed by atoms with Gasteiger partial charge in [0, 0.05) is 25.2 Å². The third-order valence-corrected chi connectivity index (χ3v) is 7.29. The van der Waals surface area contributed by atoms with E-state index in [1.807, 2.05) is 42.5 Å². The average Bonchev–Trinajstić information content (AvgIpc) is 3.18. The minimum Gasteiger partial charge on any atom is -0.481 e. The summed E-state index contributed by atoms with van der Waals surface area (Å²) in [6.07, 6.45) is 17.7. The SMILES string of the molecule is C#CCC(CC#C)COC(=O)O[C@@H](CCc1ccccc1)CC[C@@H]1[C@@H](C/C=C/CCCC(=O)O)[C@@H](O)C[C@H]1O. The summed E-state index contributed by atoms with van der Waals surface area (Å²) < 4.78 is 11.0. The fraction of sp³-hybridized carbons (Fsp3) is 0.562. The molecule has 1 aromatic rings. The molecule has 3 N–H and O–H groups in total. The van der Waals surface area contributed by atoms with Gasteiger partial charge in [-0.15, -0.1) is 24.7 Å². The molecule has 0 aromatic heterocycles. The minimum absolute atomic E-state index is 0.0903. The van der Waals surface area contributed by atoms with Gasteiger partial charge in [0.2, 0.25) is 0 Å². The van der Waals surface area contributed by atoms with Crippen LogP contribution in [0.15, 0.2) is 42.5 Å². The number of aryl methyl sites for hydroxylation is 1. The van der Waals surface area contributed by atoms with Gasteiger partial charge >= 0.3 is 12.1 Å². The lowest BCUT2D eigenvalue weighted by Gasteiger charge is -2.25. The smallest absolute Gasteiger partial charge is 0.481 e. The minimum atomic E-state index is -0.814. The van der Waals surface area contributed by atoms with Crippen LogP contribution in [0.1, 0.15) is 69.8 Å². The largest absolute Gasteiger partial charge is 0.508 e. The van der Waals surface area contributed by atoms with Crippen LogP contribution in [0.2, 0.25) is 0 Å². The van der Waals surface area contributed by atoms with Gasteiger partial charge in [0.25, 0.3) is 0 Å². The van der Waals surface area contributed by atoms with E-state index in [1.54, 1.807) is 0 Å². The van der Waals surface area contributed by atoms with Crippen molar-refractivity contribution in [2.75, 3.05) is 6.61 Å². The number of aliphatic carboxylic acids is 1. The molecule has 0 aliphatic heterocycles. The lowest BCUT2D eigenvalue weighted by atomic mass is 9.85. The van der Waals surface area contributed by atoms with Crippen molar-refractivity contribution in [3.8, 4) is 24.7 Å². The number of carboxylic acids is 1. The molecule has 1 saturated carbocycles. The molecule has 0 bridgehead atoms. The van der Waals surface area contributed by atoms with Crippen LogP contribution in [0.25, 0.3) is 0 Å². The fourth-order valence-corrected chi connectivity index (χ4v) is 5.14. The number of ether oxygens (including phenoxy) is 2. The van der Waals surface area contributed by atoms with Crippen LogP contribution in [0.5, 0.6) is 0 Å². The second kappa shape index (κ2) is 18.1. The van der Waals surface area contributed by atoms with Crippen molar-refractivity contribution in [1.82, 2.24) is 0 Å². The van der Waals surface area contributed by atoms with Crippen molar-refractivity contribution in [2.24, 2.45) is 17.8 Å². The molecule has 39 heavy (non-hydrogen) atoms. The topological polar surface area (TPSA) is 113 Å². The molecule has 0 spiro atoms. The number of rotatable bonds is 17. The van der Waals surface area contributed by atoms with Gasteiger partial charge in [0.15, 0.2) is 0 Å². The average molecular weight is 539 g/mol. The Morgan fingerprint density at radius 1 is 1.03 bits per heavy atom. The van der Waals surface area contributed by atoms with Crippen LogP contribution in [-0.2, 0) is 20.7 Å². The van der Waals surface area contributed by atoms with E-state index in [0.29, 0.717) is 64.2 Å². The highest BCUT2D eigenvalue weighted by molar-refractivity contribution is 5.66. The number of aliphatic hydroxyl groups excluding tert-OH is 2. The van der Waals surface area contributed by atoms with Crippen molar-refractivity contribution < 1.29 is 34.4 Å². The molecule has 1 aromatic carbocycles. The summed E-state index contributed by atoms with van der Waals surface area (Å²) in [6, 6.07) is 9.93. The Kier molecular flexibility index (Phi) is 14.8. The summed E-state index contributed by atoms with van der Waals surface area (Å²) in [5.41, 5.74) is 1.13. The molecular formula is C32H42O7. The Bertz CT molecular complexity index is 958. The maximum Gasteiger partial charge on any atom is 0.508 e. The van der Waals surface area contributed by atoms with Crippen molar-refractivity contribution >= 4 is 12.1 Å². The number of carbonyl (C=O) groups is 2. The zero-order valence-electron chi connectivity index (χ0n) is 22.6. The molecule has 0 saturated heterocycles. The third kappa shape index (κ3) is 12.4. The van der Waals surface area contributed by atoms with Gasteiger partial charge in [-0.05, 0) is 68.8 Å². The monoisotopic (exact) mass is 538 g/mol. The van der Waals surface area contributed by atoms with Crippen molar-refractivity contribution in [2.45, 2.75) is 88.9 Å². The molecule has 0 heterocycles. The van der Waals surface area contributed by atoms with Crippen LogP contribution < -0.4 is 0 Å². The summed E-state index contributed by atoms with van der Waals surface area (Å²) in [6.45, 7) is 0.0903. The number of unbranched alkanes of at least 4 members (excludes halogenated alkanes) is 1. The highest BCUT2D eigenvalue weighted by atomic mass is 16.7. The highest BCUT2D eigenvalue weighted by Crippen LogP contribution is 2.39. The first-order valence-corrected chi connectivity index (χ1v) is 13.8. The summed E-state index contributed by atoms with van der Waals surface area (Å²) in [5.74, 6) is 3.90. The number of aliphatic hydroxyl groups is 2. The molecule has 1 aliphatic carbocycles. The second-order valence-electron chi connectivity index (χ2n) is 10.3.